The summed E-state index contributed by atoms with van der Waals surface area (Å²) in [5.74, 6) is 0. The molecule has 0 amide bonds. The minimum absolute atomic E-state index is 0.640. The molecule has 1 aromatic carbocycles. The summed E-state index contributed by atoms with van der Waals surface area (Å²) in [4.78, 5) is 0. The quantitative estimate of drug-likeness (QED) is 0.801. The van der Waals surface area contributed by atoms with Gasteiger partial charge in [0.25, 0.3) is 0 Å². The third kappa shape index (κ3) is 3.63. The van der Waals surface area contributed by atoms with Crippen LogP contribution in [0.25, 0.3) is 5.70 Å². The topological polar surface area (TPSA) is 12.0 Å². The van der Waals surface area contributed by atoms with Crippen molar-refractivity contribution >= 4 is 5.70 Å². The second kappa shape index (κ2) is 6.63. The van der Waals surface area contributed by atoms with Gasteiger partial charge in [-0.3, -0.25) is 0 Å². The fourth-order valence-electron chi connectivity index (χ4n) is 2.74. The van der Waals surface area contributed by atoms with E-state index in [1.165, 1.54) is 56.1 Å². The molecule has 0 atom stereocenters. The molecule has 1 aromatic rings. The highest BCUT2D eigenvalue weighted by molar-refractivity contribution is 5.62. The SMILES string of the molecule is C=C(NC1CCCCC1)c1ccc(CCC)cc1. The van der Waals surface area contributed by atoms with Crippen LogP contribution in [-0.2, 0) is 6.42 Å². The third-order valence-electron chi connectivity index (χ3n) is 3.82. The molecule has 98 valence electrons. The molecule has 0 aromatic heterocycles. The number of nitrogens with one attached hydrogen (secondary N) is 1. The average molecular weight is 243 g/mol. The molecule has 0 unspecified atom stereocenters. The van der Waals surface area contributed by atoms with Gasteiger partial charge < -0.3 is 5.32 Å². The van der Waals surface area contributed by atoms with Crippen LogP contribution < -0.4 is 5.32 Å². The number of rotatable bonds is 5. The summed E-state index contributed by atoms with van der Waals surface area (Å²) < 4.78 is 0. The van der Waals surface area contributed by atoms with E-state index in [9.17, 15) is 0 Å². The summed E-state index contributed by atoms with van der Waals surface area (Å²) in [7, 11) is 0. The maximum absolute atomic E-state index is 4.18. The number of hydrogen-bond acceptors (Lipinski definition) is 1. The van der Waals surface area contributed by atoms with E-state index in [1.54, 1.807) is 0 Å². The van der Waals surface area contributed by atoms with Gasteiger partial charge in [0, 0.05) is 11.7 Å². The van der Waals surface area contributed by atoms with Crippen molar-refractivity contribution in [1.82, 2.24) is 5.32 Å². The Morgan fingerprint density at radius 3 is 2.44 bits per heavy atom. The predicted molar refractivity (Wildman–Crippen MR) is 79.5 cm³/mol. The molecule has 1 fully saturated rings. The molecule has 0 bridgehead atoms. The van der Waals surface area contributed by atoms with Gasteiger partial charge in [0.1, 0.15) is 0 Å². The first-order chi connectivity index (χ1) is 8.79. The van der Waals surface area contributed by atoms with E-state index in [4.69, 9.17) is 0 Å². The van der Waals surface area contributed by atoms with Gasteiger partial charge in [-0.15, -0.1) is 0 Å². The van der Waals surface area contributed by atoms with Gasteiger partial charge in [-0.05, 0) is 30.4 Å². The second-order valence-electron chi connectivity index (χ2n) is 5.40. The standard InChI is InChI=1S/C17H25N/c1-3-7-15-10-12-16(13-11-15)14(2)18-17-8-5-4-6-9-17/h10-13,17-18H,2-9H2,1H3. The first kappa shape index (κ1) is 13.2. The highest BCUT2D eigenvalue weighted by atomic mass is 14.9. The molecule has 2 rings (SSSR count). The maximum Gasteiger partial charge on any atom is 0.0342 e. The highest BCUT2D eigenvalue weighted by Gasteiger charge is 2.13. The largest absolute Gasteiger partial charge is 0.382 e. The molecule has 1 aliphatic rings. The molecule has 1 aliphatic carbocycles. The van der Waals surface area contributed by atoms with E-state index in [0.29, 0.717) is 6.04 Å². The Hall–Kier alpha value is -1.24. The van der Waals surface area contributed by atoms with Gasteiger partial charge in [-0.25, -0.2) is 0 Å². The predicted octanol–water partition coefficient (Wildman–Crippen LogP) is 4.53. The molecular weight excluding hydrogens is 218 g/mol. The van der Waals surface area contributed by atoms with Crippen LogP contribution in [0.4, 0.5) is 0 Å². The van der Waals surface area contributed by atoms with Crippen molar-refractivity contribution in [3.8, 4) is 0 Å². The van der Waals surface area contributed by atoms with Crippen LogP contribution in [0, 0.1) is 0 Å². The Bertz CT molecular complexity index is 371. The number of hydrogen-bond donors (Lipinski definition) is 1. The van der Waals surface area contributed by atoms with Gasteiger partial charge in [0.2, 0.25) is 0 Å². The van der Waals surface area contributed by atoms with Crippen LogP contribution in [-0.4, -0.2) is 6.04 Å². The van der Waals surface area contributed by atoms with Crippen LogP contribution in [0.5, 0.6) is 0 Å². The lowest BCUT2D eigenvalue weighted by Gasteiger charge is -2.25. The Labute approximate surface area is 111 Å². The first-order valence-corrected chi connectivity index (χ1v) is 7.34. The zero-order valence-electron chi connectivity index (χ0n) is 11.5. The van der Waals surface area contributed by atoms with Crippen molar-refractivity contribution in [2.45, 2.75) is 57.9 Å². The summed E-state index contributed by atoms with van der Waals surface area (Å²) >= 11 is 0. The number of aryl methyl sites for hydroxylation is 1. The zero-order valence-corrected chi connectivity index (χ0v) is 11.5. The summed E-state index contributed by atoms with van der Waals surface area (Å²) in [6.45, 7) is 6.40. The van der Waals surface area contributed by atoms with Crippen molar-refractivity contribution in [3.05, 3.63) is 42.0 Å². The van der Waals surface area contributed by atoms with Crippen LogP contribution in [0.15, 0.2) is 30.8 Å². The molecule has 0 heterocycles. The highest BCUT2D eigenvalue weighted by Crippen LogP contribution is 2.20. The lowest BCUT2D eigenvalue weighted by Crippen LogP contribution is -2.29. The molecule has 1 nitrogen and oxygen atoms in total. The average Bonchev–Trinajstić information content (AvgIpc) is 2.41. The minimum Gasteiger partial charge on any atom is -0.382 e. The summed E-state index contributed by atoms with van der Waals surface area (Å²) in [5.41, 5.74) is 3.75. The van der Waals surface area contributed by atoms with E-state index < -0.39 is 0 Å². The van der Waals surface area contributed by atoms with Crippen LogP contribution in [0.1, 0.15) is 56.6 Å². The smallest absolute Gasteiger partial charge is 0.0342 e. The monoisotopic (exact) mass is 243 g/mol. The normalized spacial score (nSPS) is 16.5. The fourth-order valence-corrected chi connectivity index (χ4v) is 2.74. The second-order valence-corrected chi connectivity index (χ2v) is 5.40. The van der Waals surface area contributed by atoms with Crippen molar-refractivity contribution in [2.24, 2.45) is 0 Å². The molecule has 0 saturated heterocycles. The van der Waals surface area contributed by atoms with Crippen molar-refractivity contribution < 1.29 is 0 Å². The van der Waals surface area contributed by atoms with Crippen molar-refractivity contribution in [2.75, 3.05) is 0 Å². The van der Waals surface area contributed by atoms with E-state index in [0.717, 1.165) is 5.70 Å². The summed E-state index contributed by atoms with van der Waals surface area (Å²) in [5, 5.41) is 3.59. The van der Waals surface area contributed by atoms with Gasteiger partial charge in [0.15, 0.2) is 0 Å². The Morgan fingerprint density at radius 2 is 1.83 bits per heavy atom. The van der Waals surface area contributed by atoms with Gasteiger partial charge in [-0.1, -0.05) is 63.5 Å². The van der Waals surface area contributed by atoms with E-state index >= 15 is 0 Å². The zero-order chi connectivity index (χ0) is 12.8. The van der Waals surface area contributed by atoms with E-state index in [1.807, 2.05) is 0 Å². The van der Waals surface area contributed by atoms with Crippen LogP contribution >= 0.6 is 0 Å². The van der Waals surface area contributed by atoms with Gasteiger partial charge >= 0.3 is 0 Å². The molecule has 0 spiro atoms. The summed E-state index contributed by atoms with van der Waals surface area (Å²) in [6.07, 6.45) is 9.10. The Balaban J connectivity index is 1.91. The fraction of sp³-hybridized carbons (Fsp3) is 0.529. The third-order valence-corrected chi connectivity index (χ3v) is 3.82. The van der Waals surface area contributed by atoms with E-state index in [-0.39, 0.29) is 0 Å². The molecular formula is C17H25N. The Morgan fingerprint density at radius 1 is 1.17 bits per heavy atom. The lowest BCUT2D eigenvalue weighted by molar-refractivity contribution is 0.409. The minimum atomic E-state index is 0.640. The maximum atomic E-state index is 4.18. The van der Waals surface area contributed by atoms with E-state index in [2.05, 4.69) is 43.1 Å². The summed E-state index contributed by atoms with van der Waals surface area (Å²) in [6, 6.07) is 9.49. The lowest BCUT2D eigenvalue weighted by atomic mass is 9.95. The molecule has 18 heavy (non-hydrogen) atoms. The van der Waals surface area contributed by atoms with Crippen molar-refractivity contribution in [1.29, 1.82) is 0 Å². The van der Waals surface area contributed by atoms with Gasteiger partial charge in [-0.2, -0.15) is 0 Å². The van der Waals surface area contributed by atoms with Crippen molar-refractivity contribution in [3.63, 3.8) is 0 Å². The van der Waals surface area contributed by atoms with Gasteiger partial charge in [0.05, 0.1) is 0 Å². The molecule has 1 N–H and O–H groups in total. The van der Waals surface area contributed by atoms with Crippen LogP contribution in [0.2, 0.25) is 0 Å². The molecule has 0 aliphatic heterocycles. The van der Waals surface area contributed by atoms with Crippen LogP contribution in [0.3, 0.4) is 0 Å². The molecule has 1 saturated carbocycles. The molecule has 1 heteroatoms. The first-order valence-electron chi connectivity index (χ1n) is 7.34. The molecule has 0 radical (unpaired) electrons. The number of benzene rings is 1. The Kier molecular flexibility index (Phi) is 4.86.